The van der Waals surface area contributed by atoms with Crippen molar-refractivity contribution in [2.24, 2.45) is 0 Å². The third kappa shape index (κ3) is 5.96. The largest absolute Gasteiger partial charge is 0.382 e. The molecule has 7 heteroatoms. The number of ether oxygens (including phenoxy) is 3. The molecule has 0 atom stereocenters. The van der Waals surface area contributed by atoms with Gasteiger partial charge in [0, 0.05) is 26.4 Å². The van der Waals surface area contributed by atoms with E-state index >= 15 is 0 Å². The van der Waals surface area contributed by atoms with Crippen molar-refractivity contribution in [3.8, 4) is 0 Å². The fraction of sp³-hybridized carbons (Fsp3) is 0.538. The second kappa shape index (κ2) is 9.82. The first-order valence-corrected chi connectivity index (χ1v) is 7.02. The van der Waals surface area contributed by atoms with Crippen LogP contribution in [-0.2, 0) is 20.8 Å². The second-order valence-corrected chi connectivity index (χ2v) is 4.81. The lowest BCUT2D eigenvalue weighted by Gasteiger charge is -2.07. The Morgan fingerprint density at radius 1 is 1.20 bits per heavy atom. The molecular weight excluding hydrogens is 330 g/mol. The molecule has 0 aliphatic carbocycles. The van der Waals surface area contributed by atoms with E-state index in [0.717, 1.165) is 12.0 Å². The zero-order valence-electron chi connectivity index (χ0n) is 11.3. The van der Waals surface area contributed by atoms with Gasteiger partial charge in [-0.3, -0.25) is 10.1 Å². The van der Waals surface area contributed by atoms with Crippen molar-refractivity contribution in [3.05, 3.63) is 38.3 Å². The summed E-state index contributed by atoms with van der Waals surface area (Å²) in [4.78, 5) is 10.4. The summed E-state index contributed by atoms with van der Waals surface area (Å²) in [6.45, 7) is 2.65. The summed E-state index contributed by atoms with van der Waals surface area (Å²) in [5.41, 5.74) is 0.813. The number of hydrogen-bond acceptors (Lipinski definition) is 5. The lowest BCUT2D eigenvalue weighted by Crippen LogP contribution is -2.06. The first kappa shape index (κ1) is 17.0. The Hall–Kier alpha value is -1.02. The maximum absolute atomic E-state index is 10.8. The number of halogens is 1. The van der Waals surface area contributed by atoms with Crippen LogP contribution in [0, 0.1) is 10.1 Å². The summed E-state index contributed by atoms with van der Waals surface area (Å²) < 4.78 is 16.1. The number of nitrogens with zero attached hydrogens (tertiary/aromatic N) is 1. The van der Waals surface area contributed by atoms with Crippen LogP contribution in [0.1, 0.15) is 12.0 Å². The first-order chi connectivity index (χ1) is 9.66. The van der Waals surface area contributed by atoms with Gasteiger partial charge in [0.05, 0.1) is 24.7 Å². The molecule has 0 radical (unpaired) electrons. The average molecular weight is 348 g/mol. The molecule has 112 valence electrons. The molecular formula is C13H18BrNO5. The van der Waals surface area contributed by atoms with Gasteiger partial charge >= 0.3 is 0 Å². The Morgan fingerprint density at radius 3 is 2.65 bits per heavy atom. The number of benzene rings is 1. The SMILES string of the molecule is COCCOCCCOCc1cccc([N+](=O)[O-])c1Br. The van der Waals surface area contributed by atoms with Gasteiger partial charge in [-0.25, -0.2) is 0 Å². The molecule has 0 spiro atoms. The number of hydrogen-bond donors (Lipinski definition) is 0. The van der Waals surface area contributed by atoms with E-state index in [-0.39, 0.29) is 5.69 Å². The molecule has 0 heterocycles. The highest BCUT2D eigenvalue weighted by molar-refractivity contribution is 9.10. The van der Waals surface area contributed by atoms with Crippen LogP contribution in [0.4, 0.5) is 5.69 Å². The molecule has 0 bridgehead atoms. The second-order valence-electron chi connectivity index (χ2n) is 4.02. The maximum atomic E-state index is 10.8. The fourth-order valence-electron chi connectivity index (χ4n) is 1.51. The van der Waals surface area contributed by atoms with Crippen molar-refractivity contribution in [1.82, 2.24) is 0 Å². The van der Waals surface area contributed by atoms with E-state index in [1.807, 2.05) is 0 Å². The van der Waals surface area contributed by atoms with Gasteiger partial charge in [-0.2, -0.15) is 0 Å². The van der Waals surface area contributed by atoms with Gasteiger partial charge in [0.2, 0.25) is 0 Å². The molecule has 1 aromatic carbocycles. The number of nitro benzene ring substituents is 1. The van der Waals surface area contributed by atoms with E-state index in [4.69, 9.17) is 14.2 Å². The highest BCUT2D eigenvalue weighted by Crippen LogP contribution is 2.28. The summed E-state index contributed by atoms with van der Waals surface area (Å²) >= 11 is 3.23. The third-order valence-corrected chi connectivity index (χ3v) is 3.44. The van der Waals surface area contributed by atoms with Gasteiger partial charge < -0.3 is 14.2 Å². The van der Waals surface area contributed by atoms with Crippen molar-refractivity contribution < 1.29 is 19.1 Å². The van der Waals surface area contributed by atoms with Crippen LogP contribution in [0.5, 0.6) is 0 Å². The minimum atomic E-state index is -0.419. The van der Waals surface area contributed by atoms with Gasteiger partial charge in [0.1, 0.15) is 4.47 Å². The van der Waals surface area contributed by atoms with Crippen LogP contribution in [0.25, 0.3) is 0 Å². The highest BCUT2D eigenvalue weighted by Gasteiger charge is 2.14. The number of methoxy groups -OCH3 is 1. The zero-order chi connectivity index (χ0) is 14.8. The summed E-state index contributed by atoms with van der Waals surface area (Å²) in [7, 11) is 1.63. The average Bonchev–Trinajstić information content (AvgIpc) is 2.43. The Bertz CT molecular complexity index is 427. The molecule has 6 nitrogen and oxygen atoms in total. The summed E-state index contributed by atoms with van der Waals surface area (Å²) in [6, 6.07) is 4.90. The van der Waals surface area contributed by atoms with Crippen LogP contribution in [0.2, 0.25) is 0 Å². The highest BCUT2D eigenvalue weighted by atomic mass is 79.9. The minimum absolute atomic E-state index is 0.0500. The van der Waals surface area contributed by atoms with Gasteiger partial charge in [-0.15, -0.1) is 0 Å². The van der Waals surface area contributed by atoms with Crippen molar-refractivity contribution >= 4 is 21.6 Å². The Labute approximate surface area is 126 Å². The van der Waals surface area contributed by atoms with Crippen LogP contribution in [-0.4, -0.2) is 38.5 Å². The molecule has 0 aliphatic rings. The minimum Gasteiger partial charge on any atom is -0.382 e. The molecule has 0 unspecified atom stereocenters. The fourth-order valence-corrected chi connectivity index (χ4v) is 2.03. The van der Waals surface area contributed by atoms with Crippen LogP contribution < -0.4 is 0 Å². The zero-order valence-corrected chi connectivity index (χ0v) is 12.9. The van der Waals surface area contributed by atoms with Gasteiger partial charge in [-0.05, 0) is 27.9 Å². The van der Waals surface area contributed by atoms with E-state index in [9.17, 15) is 10.1 Å². The van der Waals surface area contributed by atoms with Crippen LogP contribution >= 0.6 is 15.9 Å². The molecule has 0 amide bonds. The number of rotatable bonds is 10. The van der Waals surface area contributed by atoms with Gasteiger partial charge in [-0.1, -0.05) is 12.1 Å². The Morgan fingerprint density at radius 2 is 1.95 bits per heavy atom. The molecule has 1 aromatic rings. The third-order valence-electron chi connectivity index (χ3n) is 2.52. The molecule has 0 N–H and O–H groups in total. The topological polar surface area (TPSA) is 70.8 Å². The standard InChI is InChI=1S/C13H18BrNO5/c1-18-8-9-19-6-3-7-20-10-11-4-2-5-12(13(11)14)15(16)17/h2,4-5H,3,6-10H2,1H3. The molecule has 20 heavy (non-hydrogen) atoms. The summed E-state index contributed by atoms with van der Waals surface area (Å²) in [5.74, 6) is 0. The summed E-state index contributed by atoms with van der Waals surface area (Å²) in [6.07, 6.45) is 0.774. The smallest absolute Gasteiger partial charge is 0.283 e. The molecule has 0 aliphatic heterocycles. The lowest BCUT2D eigenvalue weighted by atomic mass is 10.2. The molecule has 0 fully saturated rings. The van der Waals surface area contributed by atoms with E-state index < -0.39 is 4.92 Å². The molecule has 0 saturated carbocycles. The van der Waals surface area contributed by atoms with Crippen molar-refractivity contribution in [2.75, 3.05) is 33.5 Å². The predicted molar refractivity (Wildman–Crippen MR) is 77.8 cm³/mol. The van der Waals surface area contributed by atoms with Gasteiger partial charge in [0.15, 0.2) is 0 Å². The quantitative estimate of drug-likeness (QED) is 0.369. The molecule has 1 rings (SSSR count). The Kier molecular flexibility index (Phi) is 8.36. The van der Waals surface area contributed by atoms with Crippen molar-refractivity contribution in [1.29, 1.82) is 0 Å². The molecule has 0 saturated heterocycles. The van der Waals surface area contributed by atoms with Crippen LogP contribution in [0.15, 0.2) is 22.7 Å². The van der Waals surface area contributed by atoms with E-state index in [1.165, 1.54) is 6.07 Å². The Balaban J connectivity index is 2.25. The normalized spacial score (nSPS) is 10.7. The predicted octanol–water partition coefficient (Wildman–Crippen LogP) is 2.93. The van der Waals surface area contributed by atoms with Crippen molar-refractivity contribution in [2.45, 2.75) is 13.0 Å². The molecule has 0 aromatic heterocycles. The maximum Gasteiger partial charge on any atom is 0.283 e. The van der Waals surface area contributed by atoms with E-state index in [0.29, 0.717) is 37.5 Å². The lowest BCUT2D eigenvalue weighted by molar-refractivity contribution is -0.385. The first-order valence-electron chi connectivity index (χ1n) is 6.23. The van der Waals surface area contributed by atoms with E-state index in [2.05, 4.69) is 15.9 Å². The van der Waals surface area contributed by atoms with Crippen LogP contribution in [0.3, 0.4) is 0 Å². The monoisotopic (exact) mass is 347 g/mol. The van der Waals surface area contributed by atoms with E-state index in [1.54, 1.807) is 19.2 Å². The van der Waals surface area contributed by atoms with Crippen molar-refractivity contribution in [3.63, 3.8) is 0 Å². The van der Waals surface area contributed by atoms with Gasteiger partial charge in [0.25, 0.3) is 5.69 Å². The number of nitro groups is 1. The summed E-state index contributed by atoms with van der Waals surface area (Å²) in [5, 5.41) is 10.8.